The lowest BCUT2D eigenvalue weighted by molar-refractivity contribution is 0.484. The van der Waals surface area contributed by atoms with Crippen molar-refractivity contribution in [2.75, 3.05) is 0 Å². The van der Waals surface area contributed by atoms with Crippen LogP contribution >= 0.6 is 0 Å². The summed E-state index contributed by atoms with van der Waals surface area (Å²) >= 11 is 0. The Morgan fingerprint density at radius 2 is 2.25 bits per heavy atom. The number of nitrogens with zero attached hydrogens (tertiary/aromatic N) is 2. The summed E-state index contributed by atoms with van der Waals surface area (Å²) in [6.07, 6.45) is 5.55. The third-order valence-electron chi connectivity index (χ3n) is 2.50. The van der Waals surface area contributed by atoms with Gasteiger partial charge in [-0.25, -0.2) is 4.98 Å². The Bertz CT molecular complexity index is 368. The van der Waals surface area contributed by atoms with Gasteiger partial charge in [0.15, 0.2) is 0 Å². The van der Waals surface area contributed by atoms with Crippen LogP contribution in [-0.2, 0) is 6.54 Å². The molecule has 0 spiro atoms. The van der Waals surface area contributed by atoms with Gasteiger partial charge in [-0.3, -0.25) is 0 Å². The second-order valence-electron chi connectivity index (χ2n) is 4.42. The van der Waals surface area contributed by atoms with Crippen molar-refractivity contribution < 1.29 is 0 Å². The highest BCUT2D eigenvalue weighted by atomic mass is 15.1. The first-order chi connectivity index (χ1) is 7.65. The van der Waals surface area contributed by atoms with E-state index in [0.717, 1.165) is 25.1 Å². The Morgan fingerprint density at radius 1 is 1.50 bits per heavy atom. The van der Waals surface area contributed by atoms with Crippen LogP contribution in [0.1, 0.15) is 45.3 Å². The molecule has 0 bridgehead atoms. The molecular weight excluding hydrogens is 198 g/mol. The first-order valence-electron chi connectivity index (χ1n) is 5.80. The van der Waals surface area contributed by atoms with E-state index in [9.17, 15) is 0 Å². The first-order valence-corrected chi connectivity index (χ1v) is 5.80. The van der Waals surface area contributed by atoms with E-state index in [1.165, 1.54) is 0 Å². The van der Waals surface area contributed by atoms with Crippen LogP contribution in [0.2, 0.25) is 0 Å². The highest BCUT2D eigenvalue weighted by Gasteiger charge is 2.12. The lowest BCUT2D eigenvalue weighted by atomic mass is 10.0. The summed E-state index contributed by atoms with van der Waals surface area (Å²) in [5.41, 5.74) is 7.27. The van der Waals surface area contributed by atoms with Crippen LogP contribution in [0.15, 0.2) is 12.5 Å². The van der Waals surface area contributed by atoms with Crippen LogP contribution in [0.4, 0.5) is 0 Å². The van der Waals surface area contributed by atoms with Crippen molar-refractivity contribution >= 4 is 0 Å². The molecule has 1 rings (SSSR count). The Labute approximate surface area is 98.1 Å². The quantitative estimate of drug-likeness (QED) is 0.772. The van der Waals surface area contributed by atoms with Gasteiger partial charge in [-0.2, -0.15) is 0 Å². The van der Waals surface area contributed by atoms with Gasteiger partial charge in [0.1, 0.15) is 0 Å². The van der Waals surface area contributed by atoms with E-state index >= 15 is 0 Å². The number of rotatable bonds is 5. The summed E-state index contributed by atoms with van der Waals surface area (Å²) < 4.78 is 2.11. The van der Waals surface area contributed by atoms with Gasteiger partial charge < -0.3 is 10.3 Å². The van der Waals surface area contributed by atoms with Crippen molar-refractivity contribution in [3.63, 3.8) is 0 Å². The number of hydrogen-bond donors (Lipinski definition) is 1. The van der Waals surface area contributed by atoms with E-state index in [1.54, 1.807) is 0 Å². The summed E-state index contributed by atoms with van der Waals surface area (Å²) in [4.78, 5) is 4.16. The van der Waals surface area contributed by atoms with Gasteiger partial charge in [0.25, 0.3) is 0 Å². The molecule has 0 radical (unpaired) electrons. The molecule has 3 heteroatoms. The SMILES string of the molecule is CC#CCCn1cncc1C(N)CC(C)C. The third kappa shape index (κ3) is 3.71. The van der Waals surface area contributed by atoms with E-state index in [-0.39, 0.29) is 6.04 Å². The minimum absolute atomic E-state index is 0.0806. The summed E-state index contributed by atoms with van der Waals surface area (Å²) in [6.45, 7) is 7.10. The van der Waals surface area contributed by atoms with Crippen LogP contribution in [-0.4, -0.2) is 9.55 Å². The molecule has 2 N–H and O–H groups in total. The second-order valence-corrected chi connectivity index (χ2v) is 4.42. The van der Waals surface area contributed by atoms with E-state index in [2.05, 4.69) is 35.2 Å². The maximum absolute atomic E-state index is 6.15. The van der Waals surface area contributed by atoms with Crippen molar-refractivity contribution in [3.8, 4) is 11.8 Å². The molecule has 1 aromatic rings. The predicted octanol–water partition coefficient (Wildman–Crippen LogP) is 2.34. The maximum Gasteiger partial charge on any atom is 0.0948 e. The number of aryl methyl sites for hydroxylation is 1. The van der Waals surface area contributed by atoms with Crippen molar-refractivity contribution in [1.82, 2.24) is 9.55 Å². The summed E-state index contributed by atoms with van der Waals surface area (Å²) in [7, 11) is 0. The highest BCUT2D eigenvalue weighted by Crippen LogP contribution is 2.18. The molecule has 0 amide bonds. The van der Waals surface area contributed by atoms with E-state index < -0.39 is 0 Å². The Kier molecular flexibility index (Phi) is 5.07. The first kappa shape index (κ1) is 12.8. The zero-order valence-electron chi connectivity index (χ0n) is 10.4. The lowest BCUT2D eigenvalue weighted by Crippen LogP contribution is -2.17. The zero-order valence-corrected chi connectivity index (χ0v) is 10.4. The van der Waals surface area contributed by atoms with Crippen molar-refractivity contribution in [2.45, 2.75) is 46.2 Å². The van der Waals surface area contributed by atoms with Crippen molar-refractivity contribution in [2.24, 2.45) is 11.7 Å². The summed E-state index contributed by atoms with van der Waals surface area (Å²) in [5, 5.41) is 0. The third-order valence-corrected chi connectivity index (χ3v) is 2.50. The molecule has 88 valence electrons. The number of aromatic nitrogens is 2. The van der Waals surface area contributed by atoms with E-state index in [0.29, 0.717) is 5.92 Å². The fourth-order valence-corrected chi connectivity index (χ4v) is 1.76. The molecule has 1 atom stereocenters. The molecule has 0 aliphatic carbocycles. The fourth-order valence-electron chi connectivity index (χ4n) is 1.76. The smallest absolute Gasteiger partial charge is 0.0948 e. The Morgan fingerprint density at radius 3 is 2.88 bits per heavy atom. The minimum Gasteiger partial charge on any atom is -0.332 e. The molecule has 0 aliphatic rings. The molecular formula is C13H21N3. The largest absolute Gasteiger partial charge is 0.332 e. The standard InChI is InChI=1S/C13H21N3/c1-4-5-6-7-16-10-15-9-13(16)12(14)8-11(2)3/h9-12H,6-8,14H2,1-3H3. The normalized spacial score (nSPS) is 12.3. The Balaban J connectivity index is 2.64. The van der Waals surface area contributed by atoms with Crippen LogP contribution < -0.4 is 5.73 Å². The molecule has 1 aromatic heterocycles. The van der Waals surface area contributed by atoms with Crippen LogP contribution in [0, 0.1) is 17.8 Å². The number of nitrogens with two attached hydrogens (primary N) is 1. The zero-order chi connectivity index (χ0) is 12.0. The van der Waals surface area contributed by atoms with E-state index in [1.807, 2.05) is 19.4 Å². The molecule has 0 fully saturated rings. The van der Waals surface area contributed by atoms with Crippen LogP contribution in [0.5, 0.6) is 0 Å². The van der Waals surface area contributed by atoms with Gasteiger partial charge in [0, 0.05) is 25.2 Å². The maximum atomic E-state index is 6.15. The minimum atomic E-state index is 0.0806. The summed E-state index contributed by atoms with van der Waals surface area (Å²) in [5.74, 6) is 6.56. The average Bonchev–Trinajstić information content (AvgIpc) is 2.65. The second kappa shape index (κ2) is 6.34. The van der Waals surface area contributed by atoms with Crippen molar-refractivity contribution in [3.05, 3.63) is 18.2 Å². The molecule has 0 saturated carbocycles. The lowest BCUT2D eigenvalue weighted by Gasteiger charge is -2.15. The van der Waals surface area contributed by atoms with Gasteiger partial charge >= 0.3 is 0 Å². The van der Waals surface area contributed by atoms with Crippen LogP contribution in [0.25, 0.3) is 0 Å². The molecule has 1 heterocycles. The highest BCUT2D eigenvalue weighted by molar-refractivity contribution is 5.05. The average molecular weight is 219 g/mol. The molecule has 16 heavy (non-hydrogen) atoms. The topological polar surface area (TPSA) is 43.8 Å². The number of imidazole rings is 1. The van der Waals surface area contributed by atoms with Gasteiger partial charge in [0.2, 0.25) is 0 Å². The predicted molar refractivity (Wildman–Crippen MR) is 66.7 cm³/mol. The van der Waals surface area contributed by atoms with Gasteiger partial charge in [-0.05, 0) is 19.3 Å². The summed E-state index contributed by atoms with van der Waals surface area (Å²) in [6, 6.07) is 0.0806. The molecule has 0 saturated heterocycles. The van der Waals surface area contributed by atoms with Gasteiger partial charge in [-0.15, -0.1) is 11.8 Å². The molecule has 1 unspecified atom stereocenters. The molecule has 0 aliphatic heterocycles. The van der Waals surface area contributed by atoms with Crippen LogP contribution in [0.3, 0.4) is 0 Å². The fraction of sp³-hybridized carbons (Fsp3) is 0.615. The molecule has 3 nitrogen and oxygen atoms in total. The monoisotopic (exact) mass is 219 g/mol. The van der Waals surface area contributed by atoms with Gasteiger partial charge in [0.05, 0.1) is 12.0 Å². The van der Waals surface area contributed by atoms with E-state index in [4.69, 9.17) is 5.73 Å². The van der Waals surface area contributed by atoms with Crippen molar-refractivity contribution in [1.29, 1.82) is 0 Å². The Hall–Kier alpha value is -1.27. The molecule has 0 aromatic carbocycles. The number of hydrogen-bond acceptors (Lipinski definition) is 2. The van der Waals surface area contributed by atoms with Gasteiger partial charge in [-0.1, -0.05) is 13.8 Å².